The minimum absolute atomic E-state index is 0.00747. The second-order valence-corrected chi connectivity index (χ2v) is 17.2. The van der Waals surface area contributed by atoms with Crippen LogP contribution in [0.3, 0.4) is 0 Å². The summed E-state index contributed by atoms with van der Waals surface area (Å²) in [6, 6.07) is 2.21. The van der Waals surface area contributed by atoms with E-state index in [4.69, 9.17) is 9.62 Å². The number of nitrogens with zero attached hydrogens (tertiary/aromatic N) is 3. The number of hydrogen-bond acceptors (Lipinski definition) is 4. The Hall–Kier alpha value is -2.17. The number of rotatable bonds is 2. The van der Waals surface area contributed by atoms with Gasteiger partial charge in [0.25, 0.3) is 0 Å². The molecule has 5 heteroatoms. The predicted octanol–water partition coefficient (Wildman–Crippen LogP) is 8.18. The van der Waals surface area contributed by atoms with Crippen molar-refractivity contribution in [3.8, 4) is 0 Å². The highest BCUT2D eigenvalue weighted by molar-refractivity contribution is 5.95. The van der Waals surface area contributed by atoms with Crippen LogP contribution in [0, 0.1) is 58.7 Å². The molecule has 7 atom stereocenters. The highest BCUT2D eigenvalue weighted by Gasteiger charge is 2.70. The van der Waals surface area contributed by atoms with Crippen LogP contribution in [-0.4, -0.2) is 20.7 Å². The molecule has 3 fully saturated rings. The van der Waals surface area contributed by atoms with Crippen molar-refractivity contribution in [1.82, 2.24) is 14.9 Å². The molecule has 0 saturated heterocycles. The summed E-state index contributed by atoms with van der Waals surface area (Å²) in [5, 5.41) is 9.18. The van der Waals surface area contributed by atoms with Gasteiger partial charge < -0.3 is 4.52 Å². The van der Waals surface area contributed by atoms with Gasteiger partial charge >= 0.3 is 0 Å². The molecule has 0 spiro atoms. The van der Waals surface area contributed by atoms with Gasteiger partial charge in [-0.15, -0.1) is 0 Å². The number of aryl methyl sites for hydroxylation is 2. The second-order valence-electron chi connectivity index (χ2n) is 17.2. The van der Waals surface area contributed by atoms with E-state index in [1.165, 1.54) is 42.5 Å². The molecule has 2 heterocycles. The van der Waals surface area contributed by atoms with E-state index in [0.29, 0.717) is 17.6 Å². The van der Waals surface area contributed by atoms with Crippen molar-refractivity contribution in [3.05, 3.63) is 46.6 Å². The van der Waals surface area contributed by atoms with Crippen LogP contribution in [0.25, 0.3) is 0 Å². The molecule has 0 amide bonds. The van der Waals surface area contributed by atoms with Gasteiger partial charge in [0.05, 0.1) is 11.9 Å². The number of allylic oxidation sites excluding steroid dienone is 2. The molecule has 3 saturated carbocycles. The van der Waals surface area contributed by atoms with Gasteiger partial charge in [-0.3, -0.25) is 9.48 Å². The molecule has 0 unspecified atom stereocenters. The number of carbonyl (C=O) groups is 1. The van der Waals surface area contributed by atoms with Crippen LogP contribution < -0.4 is 0 Å². The van der Waals surface area contributed by atoms with Gasteiger partial charge in [-0.1, -0.05) is 59.2 Å². The molecule has 0 bridgehead atoms. The topological polar surface area (TPSA) is 60.9 Å². The van der Waals surface area contributed by atoms with Crippen LogP contribution in [0.4, 0.5) is 0 Å². The Bertz CT molecular complexity index is 1460. The van der Waals surface area contributed by atoms with Crippen molar-refractivity contribution in [3.63, 3.8) is 0 Å². The van der Waals surface area contributed by atoms with Crippen molar-refractivity contribution >= 4 is 5.78 Å². The number of fused-ring (bicyclic) bond motifs is 8. The first kappa shape index (κ1) is 27.7. The first-order valence-electron chi connectivity index (χ1n) is 16.3. The van der Waals surface area contributed by atoms with Crippen LogP contribution in [0.15, 0.2) is 28.4 Å². The summed E-state index contributed by atoms with van der Waals surface area (Å²) in [4.78, 5) is 14.8. The molecule has 2 aromatic rings. The maximum Gasteiger partial charge on any atom is 0.159 e. The third-order valence-corrected chi connectivity index (χ3v) is 14.1. The molecule has 0 radical (unpaired) electrons. The fraction of sp³-hybridized carbons (Fsp3) is 0.750. The van der Waals surface area contributed by atoms with Crippen LogP contribution in [-0.2, 0) is 23.2 Å². The van der Waals surface area contributed by atoms with Gasteiger partial charge in [-0.2, -0.15) is 5.10 Å². The van der Waals surface area contributed by atoms with Gasteiger partial charge in [-0.25, -0.2) is 0 Å². The Kier molecular flexibility index (Phi) is 5.57. The van der Waals surface area contributed by atoms with E-state index in [-0.39, 0.29) is 38.4 Å². The first-order valence-corrected chi connectivity index (χ1v) is 16.3. The van der Waals surface area contributed by atoms with Gasteiger partial charge in [-0.05, 0) is 116 Å². The number of aromatic nitrogens is 3. The lowest BCUT2D eigenvalue weighted by Gasteiger charge is -2.69. The van der Waals surface area contributed by atoms with E-state index in [2.05, 4.69) is 84.3 Å². The largest absolute Gasteiger partial charge is 0.361 e. The SMILES string of the molecule is Cc1cc(C)n(C[C@]23CCC(C)(C)C[C@H]2[C@H]2C(=O)C=C4[C@@]5(C)Cc6cnoc6C(C)(C)[C@@H]5CC[C@@]4(C)[C@]2(C)CC3)n1. The molecule has 41 heavy (non-hydrogen) atoms. The number of ketones is 1. The third-order valence-electron chi connectivity index (χ3n) is 14.1. The average Bonchev–Trinajstić information content (AvgIpc) is 3.46. The maximum absolute atomic E-state index is 14.8. The van der Waals surface area contributed by atoms with Crippen molar-refractivity contribution in [2.75, 3.05) is 0 Å². The van der Waals surface area contributed by atoms with Crippen molar-refractivity contribution in [2.45, 2.75) is 126 Å². The number of hydrogen-bond donors (Lipinski definition) is 0. The summed E-state index contributed by atoms with van der Waals surface area (Å²) in [5.41, 5.74) is 5.20. The van der Waals surface area contributed by atoms with E-state index in [1.807, 2.05) is 6.20 Å². The predicted molar refractivity (Wildman–Crippen MR) is 161 cm³/mol. The number of carbonyl (C=O) groups excluding carboxylic acids is 1. The Balaban J connectivity index is 1.35. The monoisotopic (exact) mass is 557 g/mol. The smallest absolute Gasteiger partial charge is 0.159 e. The quantitative estimate of drug-likeness (QED) is 0.373. The first-order chi connectivity index (χ1) is 19.1. The molecule has 0 N–H and O–H groups in total. The van der Waals surface area contributed by atoms with Crippen molar-refractivity contribution < 1.29 is 9.32 Å². The van der Waals surface area contributed by atoms with E-state index in [9.17, 15) is 4.79 Å². The van der Waals surface area contributed by atoms with Crippen LogP contribution >= 0.6 is 0 Å². The van der Waals surface area contributed by atoms with Crippen LogP contribution in [0.5, 0.6) is 0 Å². The lowest BCUT2D eigenvalue weighted by molar-refractivity contribution is -0.174. The summed E-state index contributed by atoms with van der Waals surface area (Å²) < 4.78 is 8.13. The van der Waals surface area contributed by atoms with Crippen molar-refractivity contribution in [2.24, 2.45) is 44.8 Å². The Morgan fingerprint density at radius 2 is 1.73 bits per heavy atom. The van der Waals surface area contributed by atoms with Crippen molar-refractivity contribution in [1.29, 1.82) is 0 Å². The van der Waals surface area contributed by atoms with Gasteiger partial charge in [0.2, 0.25) is 0 Å². The maximum atomic E-state index is 14.8. The fourth-order valence-electron chi connectivity index (χ4n) is 11.8. The summed E-state index contributed by atoms with van der Waals surface area (Å²) in [6.07, 6.45) is 13.3. The zero-order valence-corrected chi connectivity index (χ0v) is 27.0. The van der Waals surface area contributed by atoms with E-state index in [1.54, 1.807) is 0 Å². The molecule has 7 rings (SSSR count). The van der Waals surface area contributed by atoms with Gasteiger partial charge in [0.1, 0.15) is 5.76 Å². The zero-order chi connectivity index (χ0) is 29.4. The minimum atomic E-state index is -0.101. The Morgan fingerprint density at radius 3 is 2.44 bits per heavy atom. The fourth-order valence-corrected chi connectivity index (χ4v) is 11.8. The zero-order valence-electron chi connectivity index (χ0n) is 27.0. The highest BCUT2D eigenvalue weighted by atomic mass is 16.5. The highest BCUT2D eigenvalue weighted by Crippen LogP contribution is 2.75. The summed E-state index contributed by atoms with van der Waals surface area (Å²) >= 11 is 0. The molecular formula is C36H51N3O2. The average molecular weight is 558 g/mol. The molecule has 5 aliphatic carbocycles. The normalized spacial score (nSPS) is 42.3. The molecule has 5 aliphatic rings. The Labute approximate surface area is 246 Å². The van der Waals surface area contributed by atoms with E-state index >= 15 is 0 Å². The minimum Gasteiger partial charge on any atom is -0.361 e. The van der Waals surface area contributed by atoms with Crippen LogP contribution in [0.1, 0.15) is 116 Å². The van der Waals surface area contributed by atoms with E-state index < -0.39 is 0 Å². The molecule has 0 aromatic carbocycles. The molecule has 2 aromatic heterocycles. The van der Waals surface area contributed by atoms with Crippen LogP contribution in [0.2, 0.25) is 0 Å². The lowest BCUT2D eigenvalue weighted by Crippen LogP contribution is -2.65. The summed E-state index contributed by atoms with van der Waals surface area (Å²) in [6.45, 7) is 22.4. The Morgan fingerprint density at radius 1 is 1.00 bits per heavy atom. The standard InChI is InChI=1S/C36H51N3O2/c1-22-16-23(2)39(38-22)21-36-14-12-31(3,4)19-25(36)29-26(40)17-28-33(7)18-24-20-37-41-30(24)32(5,6)27(33)10-11-34(28,8)35(29,9)13-15-36/h16-17,20,25,27,29H,10-15,18-19,21H2,1-9H3/t25-,27-,29-,33-,34+,35+,36+/m0/s1. The third kappa shape index (κ3) is 3.50. The molecule has 222 valence electrons. The van der Waals surface area contributed by atoms with E-state index in [0.717, 1.165) is 43.7 Å². The van der Waals surface area contributed by atoms with Gasteiger partial charge in [0, 0.05) is 29.1 Å². The second kappa shape index (κ2) is 8.26. The summed E-state index contributed by atoms with van der Waals surface area (Å²) in [7, 11) is 0. The summed E-state index contributed by atoms with van der Waals surface area (Å²) in [5.74, 6) is 2.37. The molecular weight excluding hydrogens is 506 g/mol. The molecule has 0 aliphatic heterocycles. The lowest BCUT2D eigenvalue weighted by atomic mass is 9.34. The molecule has 5 nitrogen and oxygen atoms in total. The van der Waals surface area contributed by atoms with Gasteiger partial charge in [0.15, 0.2) is 5.78 Å².